The number of nitrogen functional groups attached to an aromatic ring is 1. The van der Waals surface area contributed by atoms with E-state index in [1.165, 1.54) is 0 Å². The van der Waals surface area contributed by atoms with Gasteiger partial charge in [0.25, 0.3) is 0 Å². The zero-order chi connectivity index (χ0) is 18.9. The van der Waals surface area contributed by atoms with Crippen LogP contribution in [0.3, 0.4) is 0 Å². The Kier molecular flexibility index (Phi) is 7.33. The quantitative estimate of drug-likeness (QED) is 0.432. The summed E-state index contributed by atoms with van der Waals surface area (Å²) in [5.41, 5.74) is 8.20. The van der Waals surface area contributed by atoms with E-state index >= 15 is 0 Å². The Labute approximate surface area is 155 Å². The molecule has 5 nitrogen and oxygen atoms in total. The van der Waals surface area contributed by atoms with Crippen molar-refractivity contribution in [1.82, 2.24) is 5.32 Å². The molecule has 140 valence electrons. The van der Waals surface area contributed by atoms with Crippen molar-refractivity contribution in [2.45, 2.75) is 46.0 Å². The summed E-state index contributed by atoms with van der Waals surface area (Å²) in [6, 6.07) is 12.8. The van der Waals surface area contributed by atoms with Crippen molar-refractivity contribution in [2.24, 2.45) is 0 Å². The molecule has 4 N–H and O–H groups in total. The monoisotopic (exact) mass is 355 g/mol. The van der Waals surface area contributed by atoms with Crippen molar-refractivity contribution >= 4 is 17.4 Å². The zero-order valence-corrected chi connectivity index (χ0v) is 15.8. The fourth-order valence-corrected chi connectivity index (χ4v) is 2.59. The molecule has 0 fully saturated rings. The SMILES string of the molecule is CCCCCNC(=O)Nc1ccc(Oc2ccc(N)cc2)c(C(C)C)c1. The van der Waals surface area contributed by atoms with E-state index in [9.17, 15) is 4.79 Å². The van der Waals surface area contributed by atoms with E-state index < -0.39 is 0 Å². The van der Waals surface area contributed by atoms with Gasteiger partial charge in [0.15, 0.2) is 0 Å². The summed E-state index contributed by atoms with van der Waals surface area (Å²) in [5, 5.41) is 5.77. The number of carbonyl (C=O) groups excluding carboxylic acids is 1. The number of carbonyl (C=O) groups is 1. The van der Waals surface area contributed by atoms with Crippen molar-refractivity contribution in [2.75, 3.05) is 17.6 Å². The first-order chi connectivity index (χ1) is 12.5. The Hall–Kier alpha value is -2.69. The fourth-order valence-electron chi connectivity index (χ4n) is 2.59. The molecular weight excluding hydrogens is 326 g/mol. The van der Waals surface area contributed by atoms with Crippen LogP contribution >= 0.6 is 0 Å². The van der Waals surface area contributed by atoms with Crippen LogP contribution in [-0.2, 0) is 0 Å². The van der Waals surface area contributed by atoms with Gasteiger partial charge >= 0.3 is 6.03 Å². The number of anilines is 2. The van der Waals surface area contributed by atoms with E-state index in [0.717, 1.165) is 42.0 Å². The van der Waals surface area contributed by atoms with Gasteiger partial charge in [-0.15, -0.1) is 0 Å². The summed E-state index contributed by atoms with van der Waals surface area (Å²) in [5.74, 6) is 1.77. The molecule has 2 aromatic carbocycles. The van der Waals surface area contributed by atoms with Gasteiger partial charge < -0.3 is 21.1 Å². The Morgan fingerprint density at radius 3 is 2.50 bits per heavy atom. The van der Waals surface area contributed by atoms with Crippen molar-refractivity contribution in [3.63, 3.8) is 0 Å². The van der Waals surface area contributed by atoms with Gasteiger partial charge in [0.2, 0.25) is 0 Å². The van der Waals surface area contributed by atoms with E-state index in [2.05, 4.69) is 31.4 Å². The van der Waals surface area contributed by atoms with Gasteiger partial charge in [-0.05, 0) is 60.4 Å². The average molecular weight is 355 g/mol. The molecule has 0 saturated heterocycles. The molecule has 0 aliphatic heterocycles. The number of benzene rings is 2. The molecule has 0 aliphatic carbocycles. The minimum Gasteiger partial charge on any atom is -0.457 e. The molecular formula is C21H29N3O2. The molecule has 2 amide bonds. The molecule has 0 spiro atoms. The second-order valence-corrected chi connectivity index (χ2v) is 6.67. The fraction of sp³-hybridized carbons (Fsp3) is 0.381. The van der Waals surface area contributed by atoms with E-state index in [0.29, 0.717) is 12.2 Å². The molecule has 0 heterocycles. The van der Waals surface area contributed by atoms with E-state index in [-0.39, 0.29) is 11.9 Å². The third-order valence-electron chi connectivity index (χ3n) is 4.06. The van der Waals surface area contributed by atoms with Gasteiger partial charge in [-0.25, -0.2) is 4.79 Å². The number of ether oxygens (including phenoxy) is 1. The normalized spacial score (nSPS) is 10.6. The number of amides is 2. The minimum absolute atomic E-state index is 0.178. The van der Waals surface area contributed by atoms with Gasteiger partial charge in [0.1, 0.15) is 11.5 Å². The summed E-state index contributed by atoms with van der Waals surface area (Å²) < 4.78 is 5.99. The number of hydrogen-bond acceptors (Lipinski definition) is 3. The van der Waals surface area contributed by atoms with Crippen molar-refractivity contribution in [3.05, 3.63) is 48.0 Å². The first-order valence-corrected chi connectivity index (χ1v) is 9.21. The van der Waals surface area contributed by atoms with E-state index in [1.54, 1.807) is 0 Å². The van der Waals surface area contributed by atoms with Crippen LogP contribution in [0.25, 0.3) is 0 Å². The third-order valence-corrected chi connectivity index (χ3v) is 4.06. The summed E-state index contributed by atoms with van der Waals surface area (Å²) in [4.78, 5) is 12.0. The molecule has 2 aromatic rings. The first-order valence-electron chi connectivity index (χ1n) is 9.21. The smallest absolute Gasteiger partial charge is 0.319 e. The predicted octanol–water partition coefficient (Wildman–Crippen LogP) is 5.50. The van der Waals surface area contributed by atoms with Crippen LogP contribution in [0.15, 0.2) is 42.5 Å². The lowest BCUT2D eigenvalue weighted by Crippen LogP contribution is -2.29. The molecule has 2 rings (SSSR count). The maximum Gasteiger partial charge on any atom is 0.319 e. The third kappa shape index (κ3) is 5.99. The average Bonchev–Trinajstić information content (AvgIpc) is 2.62. The van der Waals surface area contributed by atoms with Crippen LogP contribution in [0.5, 0.6) is 11.5 Å². The highest BCUT2D eigenvalue weighted by Crippen LogP contribution is 2.33. The van der Waals surface area contributed by atoms with Gasteiger partial charge in [-0.3, -0.25) is 0 Å². The van der Waals surface area contributed by atoms with Gasteiger partial charge in [0, 0.05) is 17.9 Å². The maximum atomic E-state index is 12.0. The minimum atomic E-state index is -0.178. The Morgan fingerprint density at radius 1 is 1.12 bits per heavy atom. The molecule has 26 heavy (non-hydrogen) atoms. The summed E-state index contributed by atoms with van der Waals surface area (Å²) >= 11 is 0. The van der Waals surface area contributed by atoms with Crippen LogP contribution < -0.4 is 21.1 Å². The summed E-state index contributed by atoms with van der Waals surface area (Å²) in [6.07, 6.45) is 3.25. The molecule has 5 heteroatoms. The number of rotatable bonds is 8. The molecule has 0 saturated carbocycles. The number of urea groups is 1. The lowest BCUT2D eigenvalue weighted by Gasteiger charge is -2.16. The Morgan fingerprint density at radius 2 is 1.85 bits per heavy atom. The highest BCUT2D eigenvalue weighted by Gasteiger charge is 2.11. The van der Waals surface area contributed by atoms with Gasteiger partial charge in [-0.2, -0.15) is 0 Å². The van der Waals surface area contributed by atoms with Gasteiger partial charge in [-0.1, -0.05) is 33.6 Å². The molecule has 0 atom stereocenters. The lowest BCUT2D eigenvalue weighted by atomic mass is 10.0. The predicted molar refractivity (Wildman–Crippen MR) is 108 cm³/mol. The second kappa shape index (κ2) is 9.70. The molecule has 0 aromatic heterocycles. The van der Waals surface area contributed by atoms with E-state index in [1.807, 2.05) is 42.5 Å². The second-order valence-electron chi connectivity index (χ2n) is 6.67. The summed E-state index contributed by atoms with van der Waals surface area (Å²) in [7, 11) is 0. The van der Waals surface area contributed by atoms with Crippen LogP contribution in [-0.4, -0.2) is 12.6 Å². The van der Waals surface area contributed by atoms with Gasteiger partial charge in [0.05, 0.1) is 0 Å². The zero-order valence-electron chi connectivity index (χ0n) is 15.8. The van der Waals surface area contributed by atoms with Crippen LogP contribution in [0.2, 0.25) is 0 Å². The largest absolute Gasteiger partial charge is 0.457 e. The highest BCUT2D eigenvalue weighted by atomic mass is 16.5. The number of unbranched alkanes of at least 4 members (excludes halogenated alkanes) is 2. The highest BCUT2D eigenvalue weighted by molar-refractivity contribution is 5.89. The molecule has 0 aliphatic rings. The van der Waals surface area contributed by atoms with E-state index in [4.69, 9.17) is 10.5 Å². The van der Waals surface area contributed by atoms with Crippen molar-refractivity contribution in [1.29, 1.82) is 0 Å². The number of hydrogen-bond donors (Lipinski definition) is 3. The number of nitrogens with one attached hydrogen (secondary N) is 2. The first kappa shape index (κ1) is 19.6. The van der Waals surface area contributed by atoms with Crippen molar-refractivity contribution < 1.29 is 9.53 Å². The molecule has 0 radical (unpaired) electrons. The van der Waals surface area contributed by atoms with Crippen LogP contribution in [0.1, 0.15) is 51.5 Å². The molecule has 0 bridgehead atoms. The Bertz CT molecular complexity index is 712. The number of nitrogens with two attached hydrogens (primary N) is 1. The lowest BCUT2D eigenvalue weighted by molar-refractivity contribution is 0.252. The maximum absolute atomic E-state index is 12.0. The van der Waals surface area contributed by atoms with Crippen LogP contribution in [0.4, 0.5) is 16.2 Å². The Balaban J connectivity index is 2.05. The standard InChI is InChI=1S/C21H29N3O2/c1-4-5-6-13-23-21(25)24-17-9-12-20(19(14-17)15(2)3)26-18-10-7-16(22)8-11-18/h7-12,14-15H,4-6,13,22H2,1-3H3,(H2,23,24,25). The topological polar surface area (TPSA) is 76.4 Å². The molecule has 0 unspecified atom stereocenters. The van der Waals surface area contributed by atoms with Crippen molar-refractivity contribution in [3.8, 4) is 11.5 Å². The summed E-state index contributed by atoms with van der Waals surface area (Å²) in [6.45, 7) is 7.02. The van der Waals surface area contributed by atoms with Crippen LogP contribution in [0, 0.1) is 0 Å².